The number of rotatable bonds is 3. The number of hydrogen-bond acceptors (Lipinski definition) is 3. The predicted octanol–water partition coefficient (Wildman–Crippen LogP) is 2.29. The van der Waals surface area contributed by atoms with Crippen LogP contribution in [0.15, 0.2) is 29.2 Å². The van der Waals surface area contributed by atoms with Gasteiger partial charge < -0.3 is 11.5 Å². The van der Waals surface area contributed by atoms with E-state index < -0.39 is 0 Å². The number of aryl methyl sites for hydroxylation is 1. The molecule has 0 amide bonds. The molecule has 1 aromatic carbocycles. The van der Waals surface area contributed by atoms with E-state index in [0.29, 0.717) is 5.88 Å². The Morgan fingerprint density at radius 3 is 2.36 bits per heavy atom. The van der Waals surface area contributed by atoms with Gasteiger partial charge in [-0.25, -0.2) is 0 Å². The second-order valence-electron chi connectivity index (χ2n) is 3.15. The Morgan fingerprint density at radius 2 is 1.86 bits per heavy atom. The SMILES string of the molecule is C/C(SCN)=C(/N)c1ccc(C)cc1. The van der Waals surface area contributed by atoms with Crippen molar-refractivity contribution in [2.75, 3.05) is 5.88 Å². The lowest BCUT2D eigenvalue weighted by Gasteiger charge is -2.06. The molecule has 0 heterocycles. The summed E-state index contributed by atoms with van der Waals surface area (Å²) in [5, 5.41) is 0. The number of nitrogens with two attached hydrogens (primary N) is 2. The van der Waals surface area contributed by atoms with Gasteiger partial charge >= 0.3 is 0 Å². The maximum atomic E-state index is 5.98. The van der Waals surface area contributed by atoms with Gasteiger partial charge in [-0.05, 0) is 19.4 Å². The fourth-order valence-electron chi connectivity index (χ4n) is 1.14. The lowest BCUT2D eigenvalue weighted by molar-refractivity contribution is 1.39. The maximum Gasteiger partial charge on any atom is 0.0481 e. The zero-order valence-electron chi connectivity index (χ0n) is 8.58. The third kappa shape index (κ3) is 2.79. The molecule has 14 heavy (non-hydrogen) atoms. The van der Waals surface area contributed by atoms with Gasteiger partial charge in [-0.1, -0.05) is 29.8 Å². The molecule has 0 unspecified atom stereocenters. The van der Waals surface area contributed by atoms with Crippen LogP contribution in [0.1, 0.15) is 18.1 Å². The molecule has 4 N–H and O–H groups in total. The van der Waals surface area contributed by atoms with Crippen molar-refractivity contribution in [1.82, 2.24) is 0 Å². The lowest BCUT2D eigenvalue weighted by atomic mass is 10.1. The Kier molecular flexibility index (Phi) is 4.04. The van der Waals surface area contributed by atoms with Gasteiger partial charge in [0.1, 0.15) is 0 Å². The molecular weight excluding hydrogens is 192 g/mol. The monoisotopic (exact) mass is 208 g/mol. The highest BCUT2D eigenvalue weighted by Crippen LogP contribution is 2.21. The highest BCUT2D eigenvalue weighted by molar-refractivity contribution is 8.03. The highest BCUT2D eigenvalue weighted by atomic mass is 32.2. The summed E-state index contributed by atoms with van der Waals surface area (Å²) in [5.74, 6) is 0.568. The average molecular weight is 208 g/mol. The average Bonchev–Trinajstić information content (AvgIpc) is 2.18. The molecule has 2 nitrogen and oxygen atoms in total. The summed E-state index contributed by atoms with van der Waals surface area (Å²) < 4.78 is 0. The van der Waals surface area contributed by atoms with Gasteiger partial charge in [-0.15, -0.1) is 11.8 Å². The molecule has 76 valence electrons. The largest absolute Gasteiger partial charge is 0.398 e. The van der Waals surface area contributed by atoms with E-state index in [2.05, 4.69) is 19.1 Å². The number of thioether (sulfide) groups is 1. The first-order valence-electron chi connectivity index (χ1n) is 4.51. The van der Waals surface area contributed by atoms with Crippen molar-refractivity contribution in [3.8, 4) is 0 Å². The topological polar surface area (TPSA) is 52.0 Å². The van der Waals surface area contributed by atoms with E-state index in [4.69, 9.17) is 11.5 Å². The first-order valence-corrected chi connectivity index (χ1v) is 5.50. The van der Waals surface area contributed by atoms with Crippen LogP contribution in [0.2, 0.25) is 0 Å². The molecule has 0 saturated heterocycles. The third-order valence-electron chi connectivity index (χ3n) is 2.04. The van der Waals surface area contributed by atoms with Gasteiger partial charge in [0.25, 0.3) is 0 Å². The first-order chi connectivity index (χ1) is 6.65. The lowest BCUT2D eigenvalue weighted by Crippen LogP contribution is -2.00. The van der Waals surface area contributed by atoms with Crippen molar-refractivity contribution in [1.29, 1.82) is 0 Å². The van der Waals surface area contributed by atoms with Crippen LogP contribution in [0.25, 0.3) is 5.70 Å². The zero-order chi connectivity index (χ0) is 10.6. The van der Waals surface area contributed by atoms with E-state index in [-0.39, 0.29) is 0 Å². The minimum absolute atomic E-state index is 0.568. The summed E-state index contributed by atoms with van der Waals surface area (Å²) in [4.78, 5) is 1.08. The van der Waals surface area contributed by atoms with Crippen LogP contribution in [0.4, 0.5) is 0 Å². The number of allylic oxidation sites excluding steroid dienone is 1. The number of benzene rings is 1. The fourth-order valence-corrected chi connectivity index (χ4v) is 1.66. The van der Waals surface area contributed by atoms with Crippen LogP contribution in [0, 0.1) is 6.92 Å². The molecule has 1 aromatic rings. The maximum absolute atomic E-state index is 5.98. The van der Waals surface area contributed by atoms with E-state index >= 15 is 0 Å². The molecule has 0 saturated carbocycles. The van der Waals surface area contributed by atoms with Crippen molar-refractivity contribution in [3.05, 3.63) is 40.3 Å². The van der Waals surface area contributed by atoms with Crippen LogP contribution < -0.4 is 11.5 Å². The third-order valence-corrected chi connectivity index (χ3v) is 2.86. The van der Waals surface area contributed by atoms with Crippen molar-refractivity contribution in [2.45, 2.75) is 13.8 Å². The minimum atomic E-state index is 0.568. The van der Waals surface area contributed by atoms with E-state index in [0.717, 1.165) is 16.2 Å². The van der Waals surface area contributed by atoms with Crippen molar-refractivity contribution in [3.63, 3.8) is 0 Å². The molecule has 3 heteroatoms. The van der Waals surface area contributed by atoms with E-state index in [9.17, 15) is 0 Å². The van der Waals surface area contributed by atoms with Crippen molar-refractivity contribution < 1.29 is 0 Å². The summed E-state index contributed by atoms with van der Waals surface area (Å²) in [6.45, 7) is 4.05. The van der Waals surface area contributed by atoms with Gasteiger partial charge in [0, 0.05) is 16.5 Å². The Bertz CT molecular complexity index is 328. The molecule has 0 atom stereocenters. The first kappa shape index (κ1) is 11.1. The minimum Gasteiger partial charge on any atom is -0.398 e. The Balaban J connectivity index is 2.93. The molecule has 0 aromatic heterocycles. The Morgan fingerprint density at radius 1 is 1.29 bits per heavy atom. The van der Waals surface area contributed by atoms with Crippen molar-refractivity contribution >= 4 is 17.5 Å². The van der Waals surface area contributed by atoms with E-state index in [1.807, 2.05) is 19.1 Å². The van der Waals surface area contributed by atoms with E-state index in [1.165, 1.54) is 5.56 Å². The molecule has 0 spiro atoms. The summed E-state index contributed by atoms with van der Waals surface area (Å²) >= 11 is 1.57. The van der Waals surface area contributed by atoms with Crippen LogP contribution in [0.3, 0.4) is 0 Å². The predicted molar refractivity (Wildman–Crippen MR) is 64.6 cm³/mol. The van der Waals surface area contributed by atoms with Crippen LogP contribution >= 0.6 is 11.8 Å². The van der Waals surface area contributed by atoms with E-state index in [1.54, 1.807) is 11.8 Å². The molecule has 0 bridgehead atoms. The summed E-state index contributed by atoms with van der Waals surface area (Å²) in [6, 6.07) is 8.18. The quantitative estimate of drug-likeness (QED) is 0.749. The molecule has 0 fully saturated rings. The number of hydrogen-bond donors (Lipinski definition) is 2. The highest BCUT2D eigenvalue weighted by Gasteiger charge is 2.00. The van der Waals surface area contributed by atoms with Crippen LogP contribution in [-0.4, -0.2) is 5.88 Å². The van der Waals surface area contributed by atoms with Gasteiger partial charge in [-0.3, -0.25) is 0 Å². The Labute approximate surface area is 89.4 Å². The van der Waals surface area contributed by atoms with Crippen molar-refractivity contribution in [2.24, 2.45) is 11.5 Å². The molecule has 0 aliphatic carbocycles. The van der Waals surface area contributed by atoms with Crippen LogP contribution in [0.5, 0.6) is 0 Å². The molecular formula is C11H16N2S. The molecule has 0 radical (unpaired) electrons. The van der Waals surface area contributed by atoms with Gasteiger partial charge in [-0.2, -0.15) is 0 Å². The summed E-state index contributed by atoms with van der Waals surface area (Å²) in [5.41, 5.74) is 14.5. The summed E-state index contributed by atoms with van der Waals surface area (Å²) in [6.07, 6.45) is 0. The van der Waals surface area contributed by atoms with Gasteiger partial charge in [0.05, 0.1) is 0 Å². The normalized spacial score (nSPS) is 12.5. The van der Waals surface area contributed by atoms with Crippen LogP contribution in [-0.2, 0) is 0 Å². The molecule has 0 aliphatic rings. The van der Waals surface area contributed by atoms with Gasteiger partial charge in [0.15, 0.2) is 0 Å². The standard InChI is InChI=1S/C11H16N2S/c1-8-3-5-10(6-4-8)11(13)9(2)14-7-12/h3-6H,7,12-13H2,1-2H3/b11-9-. The smallest absolute Gasteiger partial charge is 0.0481 e. The second-order valence-corrected chi connectivity index (χ2v) is 4.38. The van der Waals surface area contributed by atoms with Gasteiger partial charge in [0.2, 0.25) is 0 Å². The molecule has 0 aliphatic heterocycles. The second kappa shape index (κ2) is 5.08. The fraction of sp³-hybridized carbons (Fsp3) is 0.273. The Hall–Kier alpha value is -0.930. The summed E-state index contributed by atoms with van der Waals surface area (Å²) in [7, 11) is 0. The molecule has 1 rings (SSSR count). The zero-order valence-corrected chi connectivity index (χ0v) is 9.40.